The van der Waals surface area contributed by atoms with E-state index in [0.29, 0.717) is 46.9 Å². The number of H-pyrrole nitrogens is 1. The molecule has 5 N–H and O–H groups in total. The molecule has 0 amide bonds. The average Bonchev–Trinajstić information content (AvgIpc) is 3.24. The molecule has 9 nitrogen and oxygen atoms in total. The summed E-state index contributed by atoms with van der Waals surface area (Å²) in [6, 6.07) is 10.1. The lowest BCUT2D eigenvalue weighted by atomic mass is 9.92. The number of nitrogens with two attached hydrogens (primary N) is 1. The van der Waals surface area contributed by atoms with E-state index in [0.717, 1.165) is 42.3 Å². The second kappa shape index (κ2) is 10.3. The molecule has 3 heterocycles. The topological polar surface area (TPSA) is 130 Å². The maximum atomic E-state index is 5.99. The lowest BCUT2D eigenvalue weighted by Crippen LogP contribution is -2.33. The second-order valence-corrected chi connectivity index (χ2v) is 8.47. The molecule has 3 aromatic heterocycles. The molecule has 0 radical (unpaired) electrons. The Morgan fingerprint density at radius 1 is 1.00 bits per heavy atom. The third kappa shape index (κ3) is 5.50. The van der Waals surface area contributed by atoms with Gasteiger partial charge in [0.2, 0.25) is 11.9 Å². The standard InChI is InChI=1S/C22H24ClN9.ClH/c23-14-3-1-13(2-4-14)11-26-21-25-10-9-18(29-21)19-17-12-27-22(30-20(17)32-31-19)28-16-7-5-15(24)6-8-16;/h1-4,9-10,12,15-16H,5-8,11,24H2,(H,25,26,29)(H2,27,28,30,31,32);1H. The first-order valence-electron chi connectivity index (χ1n) is 10.7. The van der Waals surface area contributed by atoms with E-state index in [4.69, 9.17) is 17.3 Å². The van der Waals surface area contributed by atoms with E-state index in [-0.39, 0.29) is 12.4 Å². The lowest BCUT2D eigenvalue weighted by Gasteiger charge is -2.26. The molecule has 0 unspecified atom stereocenters. The van der Waals surface area contributed by atoms with Gasteiger partial charge in [0.1, 0.15) is 0 Å². The number of halogens is 2. The molecule has 0 spiro atoms. The van der Waals surface area contributed by atoms with Crippen LogP contribution in [0.2, 0.25) is 5.02 Å². The number of hydrogen-bond acceptors (Lipinski definition) is 8. The summed E-state index contributed by atoms with van der Waals surface area (Å²) in [5.74, 6) is 1.11. The number of hydrogen-bond donors (Lipinski definition) is 4. The maximum Gasteiger partial charge on any atom is 0.224 e. The summed E-state index contributed by atoms with van der Waals surface area (Å²) in [6.07, 6.45) is 7.59. The van der Waals surface area contributed by atoms with Crippen LogP contribution >= 0.6 is 24.0 Å². The monoisotopic (exact) mass is 485 g/mol. The Bertz CT molecular complexity index is 1200. The van der Waals surface area contributed by atoms with E-state index in [1.54, 1.807) is 12.4 Å². The summed E-state index contributed by atoms with van der Waals surface area (Å²) in [7, 11) is 0. The van der Waals surface area contributed by atoms with Crippen molar-refractivity contribution in [2.75, 3.05) is 10.6 Å². The van der Waals surface area contributed by atoms with E-state index in [2.05, 4.69) is 40.8 Å². The molecule has 1 fully saturated rings. The fraction of sp³-hybridized carbons (Fsp3) is 0.318. The number of nitrogens with zero attached hydrogens (tertiary/aromatic N) is 5. The minimum atomic E-state index is 0. The summed E-state index contributed by atoms with van der Waals surface area (Å²) in [6.45, 7) is 0.592. The highest BCUT2D eigenvalue weighted by molar-refractivity contribution is 6.30. The number of nitrogens with one attached hydrogen (secondary N) is 3. The van der Waals surface area contributed by atoms with Gasteiger partial charge >= 0.3 is 0 Å². The van der Waals surface area contributed by atoms with E-state index in [9.17, 15) is 0 Å². The second-order valence-electron chi connectivity index (χ2n) is 8.03. The van der Waals surface area contributed by atoms with Gasteiger partial charge in [-0.1, -0.05) is 23.7 Å². The van der Waals surface area contributed by atoms with Crippen molar-refractivity contribution in [2.24, 2.45) is 5.73 Å². The molecule has 172 valence electrons. The molecule has 33 heavy (non-hydrogen) atoms. The lowest BCUT2D eigenvalue weighted by molar-refractivity contribution is 0.410. The van der Waals surface area contributed by atoms with Crippen LogP contribution in [-0.2, 0) is 6.54 Å². The predicted molar refractivity (Wildman–Crippen MR) is 133 cm³/mol. The summed E-state index contributed by atoms with van der Waals surface area (Å²) in [5, 5.41) is 15.6. The molecule has 0 bridgehead atoms. The quantitative estimate of drug-likeness (QED) is 0.319. The number of fused-ring (bicyclic) bond motifs is 1. The highest BCUT2D eigenvalue weighted by Gasteiger charge is 2.20. The van der Waals surface area contributed by atoms with Gasteiger partial charge in [-0.25, -0.2) is 15.0 Å². The predicted octanol–water partition coefficient (Wildman–Crippen LogP) is 4.18. The minimum Gasteiger partial charge on any atom is -0.351 e. The van der Waals surface area contributed by atoms with Crippen LogP contribution in [0.4, 0.5) is 11.9 Å². The molecule has 11 heteroatoms. The largest absolute Gasteiger partial charge is 0.351 e. The Labute approximate surface area is 202 Å². The number of rotatable bonds is 6. The summed E-state index contributed by atoms with van der Waals surface area (Å²) < 4.78 is 0. The summed E-state index contributed by atoms with van der Waals surface area (Å²) in [4.78, 5) is 18.0. The maximum absolute atomic E-state index is 5.99. The zero-order valence-corrected chi connectivity index (χ0v) is 19.4. The van der Waals surface area contributed by atoms with Gasteiger partial charge in [-0.3, -0.25) is 5.10 Å². The highest BCUT2D eigenvalue weighted by Crippen LogP contribution is 2.25. The number of benzene rings is 1. The normalized spacial score (nSPS) is 18.0. The molecule has 1 aliphatic carbocycles. The number of anilines is 2. The van der Waals surface area contributed by atoms with Gasteiger partial charge in [0, 0.05) is 36.0 Å². The Balaban J connectivity index is 0.00000259. The number of aromatic amines is 1. The van der Waals surface area contributed by atoms with Gasteiger partial charge in [-0.15, -0.1) is 12.4 Å². The van der Waals surface area contributed by atoms with Crippen LogP contribution in [0, 0.1) is 0 Å². The van der Waals surface area contributed by atoms with Crippen LogP contribution in [0.25, 0.3) is 22.4 Å². The first kappa shape index (κ1) is 23.2. The van der Waals surface area contributed by atoms with Crippen molar-refractivity contribution in [1.29, 1.82) is 0 Å². The van der Waals surface area contributed by atoms with Crippen LogP contribution in [-0.4, -0.2) is 42.2 Å². The zero-order valence-electron chi connectivity index (χ0n) is 17.8. The minimum absolute atomic E-state index is 0. The summed E-state index contributed by atoms with van der Waals surface area (Å²) in [5.41, 5.74) is 9.15. The van der Waals surface area contributed by atoms with E-state index in [1.807, 2.05) is 30.3 Å². The van der Waals surface area contributed by atoms with Crippen molar-refractivity contribution in [3.63, 3.8) is 0 Å². The molecule has 0 atom stereocenters. The Morgan fingerprint density at radius 2 is 1.79 bits per heavy atom. The fourth-order valence-electron chi connectivity index (χ4n) is 3.88. The van der Waals surface area contributed by atoms with E-state index >= 15 is 0 Å². The first-order valence-corrected chi connectivity index (χ1v) is 11.1. The van der Waals surface area contributed by atoms with Crippen LogP contribution in [0.3, 0.4) is 0 Å². The van der Waals surface area contributed by atoms with Crippen molar-refractivity contribution in [3.05, 3.63) is 53.3 Å². The molecule has 0 aliphatic heterocycles. The van der Waals surface area contributed by atoms with Crippen LogP contribution in [0.15, 0.2) is 42.7 Å². The van der Waals surface area contributed by atoms with Gasteiger partial charge in [-0.05, 0) is 49.4 Å². The molecular weight excluding hydrogens is 461 g/mol. The van der Waals surface area contributed by atoms with E-state index < -0.39 is 0 Å². The Hall–Kier alpha value is -3.01. The molecule has 1 aliphatic rings. The smallest absolute Gasteiger partial charge is 0.224 e. The van der Waals surface area contributed by atoms with Crippen molar-refractivity contribution >= 4 is 46.9 Å². The fourth-order valence-corrected chi connectivity index (χ4v) is 4.01. The SMILES string of the molecule is Cl.NC1CCC(Nc2ncc3c(-c4ccnc(NCc5ccc(Cl)cc5)n4)[nH]nc3n2)CC1. The van der Waals surface area contributed by atoms with Gasteiger partial charge in [0.15, 0.2) is 5.65 Å². The van der Waals surface area contributed by atoms with Crippen LogP contribution < -0.4 is 16.4 Å². The van der Waals surface area contributed by atoms with Crippen LogP contribution in [0.5, 0.6) is 0 Å². The zero-order chi connectivity index (χ0) is 21.9. The third-order valence-electron chi connectivity index (χ3n) is 5.69. The number of aromatic nitrogens is 6. The Morgan fingerprint density at radius 3 is 2.58 bits per heavy atom. The molecular formula is C22H25Cl2N9. The molecule has 4 aromatic rings. The van der Waals surface area contributed by atoms with Gasteiger partial charge in [0.05, 0.1) is 16.8 Å². The average molecular weight is 486 g/mol. The highest BCUT2D eigenvalue weighted by atomic mass is 35.5. The molecule has 5 rings (SSSR count). The van der Waals surface area contributed by atoms with Crippen molar-refractivity contribution in [2.45, 2.75) is 44.3 Å². The van der Waals surface area contributed by atoms with Crippen molar-refractivity contribution in [3.8, 4) is 11.4 Å². The van der Waals surface area contributed by atoms with Crippen LogP contribution in [0.1, 0.15) is 31.2 Å². The van der Waals surface area contributed by atoms with E-state index in [1.165, 1.54) is 0 Å². The molecule has 1 saturated carbocycles. The van der Waals surface area contributed by atoms with Crippen molar-refractivity contribution < 1.29 is 0 Å². The molecule has 0 saturated heterocycles. The van der Waals surface area contributed by atoms with Gasteiger partial charge in [0.25, 0.3) is 0 Å². The van der Waals surface area contributed by atoms with Gasteiger partial charge < -0.3 is 16.4 Å². The Kier molecular flexibility index (Phi) is 7.22. The van der Waals surface area contributed by atoms with Crippen molar-refractivity contribution in [1.82, 2.24) is 30.1 Å². The van der Waals surface area contributed by atoms with Gasteiger partial charge in [-0.2, -0.15) is 10.1 Å². The summed E-state index contributed by atoms with van der Waals surface area (Å²) >= 11 is 5.94. The molecule has 1 aromatic carbocycles. The first-order chi connectivity index (χ1) is 15.6. The third-order valence-corrected chi connectivity index (χ3v) is 5.94.